The second kappa shape index (κ2) is 1.14. The van der Waals surface area contributed by atoms with Crippen LogP contribution in [0, 0.1) is 0 Å². The second-order valence-electron chi connectivity index (χ2n) is 1.06. The van der Waals surface area contributed by atoms with Crippen LogP contribution >= 0.6 is 17.2 Å². The van der Waals surface area contributed by atoms with Gasteiger partial charge in [0.1, 0.15) is 0 Å². The maximum absolute atomic E-state index is 8.40. The van der Waals surface area contributed by atoms with E-state index in [1.54, 1.807) is 9.47 Å². The Labute approximate surface area is 41.7 Å². The third kappa shape index (κ3) is 1.06. The van der Waals surface area contributed by atoms with Crippen molar-refractivity contribution in [2.24, 2.45) is 0 Å². The molecule has 1 saturated heterocycles. The van der Waals surface area contributed by atoms with Gasteiger partial charge in [0.25, 0.3) is 0 Å². The Balaban J connectivity index is 2.58. The van der Waals surface area contributed by atoms with Crippen LogP contribution in [0.2, 0.25) is 0 Å². The van der Waals surface area contributed by atoms with Crippen LogP contribution < -0.4 is 0 Å². The van der Waals surface area contributed by atoms with Gasteiger partial charge in [-0.15, -0.1) is 0 Å². The van der Waals surface area contributed by atoms with E-state index in [4.69, 9.17) is 9.79 Å². The van der Waals surface area contributed by atoms with Gasteiger partial charge in [-0.2, -0.15) is 0 Å². The van der Waals surface area contributed by atoms with Gasteiger partial charge in [-0.25, -0.2) is 0 Å². The first-order chi connectivity index (χ1) is 3.05. The van der Waals surface area contributed by atoms with Crippen LogP contribution in [-0.2, 0) is 13.7 Å². The molecule has 0 aromatic heterocycles. The summed E-state index contributed by atoms with van der Waals surface area (Å²) in [6, 6.07) is 0. The van der Waals surface area contributed by atoms with Crippen molar-refractivity contribution in [2.45, 2.75) is 0 Å². The number of hydrogen-bond donors (Lipinski definition) is 2. The second-order valence-corrected chi connectivity index (χ2v) is 3.80. The molecule has 7 heteroatoms. The topological polar surface area (TPSA) is 74.8 Å². The molecule has 0 aliphatic carbocycles. The third-order valence-electron chi connectivity index (χ3n) is 0.449. The Morgan fingerprint density at radius 2 is 1.86 bits per heavy atom. The summed E-state index contributed by atoms with van der Waals surface area (Å²) in [5.74, 6) is 0. The van der Waals surface area contributed by atoms with Gasteiger partial charge in [0, 0.05) is 0 Å². The molecule has 0 amide bonds. The molecule has 1 unspecified atom stereocenters. The fraction of sp³-hybridized carbons (Fsp3) is 0. The van der Waals surface area contributed by atoms with Crippen molar-refractivity contribution in [3.63, 3.8) is 0 Å². The Morgan fingerprint density at radius 3 is 1.86 bits per heavy atom. The molecule has 1 aliphatic rings. The van der Waals surface area contributed by atoms with E-state index in [1.807, 2.05) is 0 Å². The van der Waals surface area contributed by atoms with E-state index in [-0.39, 0.29) is 0 Å². The SMILES string of the molecule is OP1(O)(OP)OO1. The normalized spacial score (nSPS) is 38.4. The first kappa shape index (κ1) is 5.79. The van der Waals surface area contributed by atoms with Gasteiger partial charge in [-0.1, -0.05) is 0 Å². The minimum absolute atomic E-state index is 1.63. The quantitative estimate of drug-likeness (QED) is 0.306. The van der Waals surface area contributed by atoms with Gasteiger partial charge in [-0.3, -0.25) is 0 Å². The molecular weight excluding hydrogens is 142 g/mol. The van der Waals surface area contributed by atoms with E-state index < -0.39 is 7.74 Å². The Morgan fingerprint density at radius 1 is 1.43 bits per heavy atom. The van der Waals surface area contributed by atoms with Crippen molar-refractivity contribution in [1.82, 2.24) is 0 Å². The predicted molar refractivity (Wildman–Crippen MR) is 24.3 cm³/mol. The molecule has 0 spiro atoms. The van der Waals surface area contributed by atoms with E-state index in [1.165, 1.54) is 0 Å². The molecule has 0 aromatic carbocycles. The first-order valence-electron chi connectivity index (χ1n) is 1.35. The van der Waals surface area contributed by atoms with Crippen molar-refractivity contribution in [3.05, 3.63) is 0 Å². The molecular formula is H4O5P2. The number of hydrogen-bond acceptors (Lipinski definition) is 5. The van der Waals surface area contributed by atoms with Gasteiger partial charge in [0.15, 0.2) is 0 Å². The van der Waals surface area contributed by atoms with Crippen LogP contribution in [0.1, 0.15) is 0 Å². The van der Waals surface area contributed by atoms with Gasteiger partial charge < -0.3 is 0 Å². The first-order valence-corrected chi connectivity index (χ1v) is 3.72. The molecule has 7 heavy (non-hydrogen) atoms. The fourth-order valence-corrected chi connectivity index (χ4v) is 0.707. The van der Waals surface area contributed by atoms with Crippen molar-refractivity contribution < 1.29 is 23.4 Å². The zero-order valence-electron chi connectivity index (χ0n) is 3.14. The molecule has 0 aromatic rings. The van der Waals surface area contributed by atoms with Crippen LogP contribution in [0.15, 0.2) is 0 Å². The van der Waals surface area contributed by atoms with Crippen molar-refractivity contribution in [2.75, 3.05) is 0 Å². The van der Waals surface area contributed by atoms with Crippen molar-refractivity contribution in [1.29, 1.82) is 0 Å². The van der Waals surface area contributed by atoms with Gasteiger partial charge >= 0.3 is 40.7 Å². The third-order valence-corrected chi connectivity index (χ3v) is 2.43. The summed E-state index contributed by atoms with van der Waals surface area (Å²) < 4.78 is 11.4. The Hall–Kier alpha value is 0.660. The summed E-state index contributed by atoms with van der Waals surface area (Å²) in [7, 11) is -2.74. The molecule has 44 valence electrons. The molecule has 0 radical (unpaired) electrons. The monoisotopic (exact) mass is 146 g/mol. The molecule has 5 nitrogen and oxygen atoms in total. The van der Waals surface area contributed by atoms with Gasteiger partial charge in [0.05, 0.1) is 0 Å². The van der Waals surface area contributed by atoms with Crippen LogP contribution in [0.25, 0.3) is 0 Å². The number of rotatable bonds is 1. The molecule has 1 fully saturated rings. The summed E-state index contributed by atoms with van der Waals surface area (Å²) in [5, 5.41) is 0. The average molecular weight is 146 g/mol. The summed E-state index contributed by atoms with van der Waals surface area (Å²) in [5.41, 5.74) is 0. The zero-order chi connectivity index (χ0) is 5.57. The van der Waals surface area contributed by atoms with Crippen LogP contribution in [0.5, 0.6) is 0 Å². The van der Waals surface area contributed by atoms with E-state index in [0.717, 1.165) is 0 Å². The van der Waals surface area contributed by atoms with E-state index >= 15 is 0 Å². The van der Waals surface area contributed by atoms with E-state index in [0.29, 0.717) is 0 Å². The van der Waals surface area contributed by atoms with E-state index in [2.05, 4.69) is 13.7 Å². The van der Waals surface area contributed by atoms with Crippen LogP contribution in [0.4, 0.5) is 0 Å². The Bertz CT molecular complexity index is 88.3. The van der Waals surface area contributed by atoms with Crippen LogP contribution in [-0.4, -0.2) is 9.79 Å². The van der Waals surface area contributed by atoms with E-state index in [9.17, 15) is 0 Å². The summed E-state index contributed by atoms with van der Waals surface area (Å²) >= 11 is 0. The molecule has 0 saturated carbocycles. The Kier molecular flexibility index (Phi) is 0.946. The molecule has 0 bridgehead atoms. The van der Waals surface area contributed by atoms with Crippen LogP contribution in [0.3, 0.4) is 0 Å². The summed E-state index contributed by atoms with van der Waals surface area (Å²) in [4.78, 5) is 16.8. The zero-order valence-corrected chi connectivity index (χ0v) is 5.19. The fourth-order valence-electron chi connectivity index (χ4n) is 0.0786. The molecule has 1 heterocycles. The standard InChI is InChI=1S/H4O5P2/c1-7(2,5-6)3-4-7/h1-2H,6H2. The molecule has 2 N–H and O–H groups in total. The minimum atomic E-state index is -4.36. The summed E-state index contributed by atoms with van der Waals surface area (Å²) in [6.45, 7) is 0. The predicted octanol–water partition coefficient (Wildman–Crippen LogP) is -0.132. The molecule has 1 rings (SSSR count). The van der Waals surface area contributed by atoms with Crippen molar-refractivity contribution in [3.8, 4) is 0 Å². The molecule has 1 aliphatic heterocycles. The van der Waals surface area contributed by atoms with Gasteiger partial charge in [0.2, 0.25) is 0 Å². The molecule has 1 atom stereocenters. The van der Waals surface area contributed by atoms with Crippen molar-refractivity contribution >= 4 is 17.2 Å². The average Bonchev–Trinajstić information content (AvgIpc) is 2.20. The van der Waals surface area contributed by atoms with Gasteiger partial charge in [-0.05, 0) is 0 Å². The maximum atomic E-state index is 8.40. The summed E-state index contributed by atoms with van der Waals surface area (Å²) in [6.07, 6.45) is 0.